The molecule has 0 saturated heterocycles. The normalized spacial score (nSPS) is 10.5. The Kier molecular flexibility index (Phi) is 2.42. The second kappa shape index (κ2) is 3.58. The van der Waals surface area contributed by atoms with Gasteiger partial charge in [0.15, 0.2) is 0 Å². The van der Waals surface area contributed by atoms with E-state index in [1.165, 1.54) is 27.8 Å². The molecule has 14 heavy (non-hydrogen) atoms. The van der Waals surface area contributed by atoms with Gasteiger partial charge >= 0.3 is 0 Å². The topological polar surface area (TPSA) is 0 Å². The van der Waals surface area contributed by atoms with E-state index in [0.717, 1.165) is 0 Å². The Hall–Kier alpha value is -1.08. The second-order valence-corrected chi connectivity index (χ2v) is 4.37. The summed E-state index contributed by atoms with van der Waals surface area (Å²) >= 11 is 1.65. The van der Waals surface area contributed by atoms with Gasteiger partial charge in [0.25, 0.3) is 0 Å². The molecule has 0 spiro atoms. The van der Waals surface area contributed by atoms with E-state index in [-0.39, 0.29) is 0 Å². The first-order valence-electron chi connectivity index (χ1n) is 4.72. The molecule has 0 aliphatic rings. The van der Waals surface area contributed by atoms with E-state index in [1.807, 2.05) is 0 Å². The Morgan fingerprint density at radius 2 is 1.86 bits per heavy atom. The Bertz CT molecular complexity index is 452. The lowest BCUT2D eigenvalue weighted by atomic mass is 9.99. The molecule has 0 amide bonds. The molecule has 1 aromatic carbocycles. The molecule has 0 bridgehead atoms. The summed E-state index contributed by atoms with van der Waals surface area (Å²) in [5.74, 6) is 0. The first-order chi connectivity index (χ1) is 6.68. The highest BCUT2D eigenvalue weighted by Crippen LogP contribution is 2.29. The minimum atomic E-state index is 1.25. The summed E-state index contributed by atoms with van der Waals surface area (Å²) in [6, 6.07) is 6.60. The molecule has 0 nitrogen and oxygen atoms in total. The van der Waals surface area contributed by atoms with Crippen LogP contribution in [0.15, 0.2) is 23.6 Å². The lowest BCUT2D eigenvalue weighted by Gasteiger charge is -2.06. The smallest absolute Gasteiger partial charge is 0.0481 e. The van der Waals surface area contributed by atoms with Crippen LogP contribution >= 0.6 is 11.3 Å². The van der Waals surface area contributed by atoms with Gasteiger partial charge in [0.2, 0.25) is 0 Å². The first-order valence-corrected chi connectivity index (χ1v) is 5.60. The number of hydrogen-bond acceptors (Lipinski definition) is 1. The average Bonchev–Trinajstić information content (AvgIpc) is 2.52. The van der Waals surface area contributed by atoms with Gasteiger partial charge in [-0.1, -0.05) is 23.8 Å². The van der Waals surface area contributed by atoms with Crippen molar-refractivity contribution < 1.29 is 0 Å². The van der Waals surface area contributed by atoms with Crippen LogP contribution in [0.1, 0.15) is 16.7 Å². The second-order valence-electron chi connectivity index (χ2n) is 3.69. The van der Waals surface area contributed by atoms with Crippen LogP contribution in [0, 0.1) is 26.2 Å². The van der Waals surface area contributed by atoms with E-state index in [1.54, 1.807) is 11.3 Å². The molecule has 0 atom stereocenters. The molecule has 0 unspecified atom stereocenters. The molecule has 71 valence electrons. The van der Waals surface area contributed by atoms with Crippen molar-refractivity contribution in [2.45, 2.75) is 20.8 Å². The van der Waals surface area contributed by atoms with Crippen molar-refractivity contribution >= 4 is 11.3 Å². The van der Waals surface area contributed by atoms with Crippen LogP contribution in [0.3, 0.4) is 0 Å². The number of hydrogen-bond donors (Lipinski definition) is 0. The molecule has 2 aromatic rings. The molecule has 0 fully saturated rings. The Morgan fingerprint density at radius 3 is 2.43 bits per heavy atom. The van der Waals surface area contributed by atoms with E-state index in [4.69, 9.17) is 0 Å². The van der Waals surface area contributed by atoms with Gasteiger partial charge in [-0.2, -0.15) is 0 Å². The molecule has 1 radical (unpaired) electrons. The molecular weight excluding hydrogens is 188 g/mol. The minimum absolute atomic E-state index is 1.25. The van der Waals surface area contributed by atoms with Crippen molar-refractivity contribution in [3.63, 3.8) is 0 Å². The molecule has 0 saturated carbocycles. The minimum Gasteiger partial charge on any atom is -0.142 e. The maximum absolute atomic E-state index is 3.25. The van der Waals surface area contributed by atoms with Gasteiger partial charge in [0, 0.05) is 5.38 Å². The third-order valence-corrected chi connectivity index (χ3v) is 3.24. The van der Waals surface area contributed by atoms with Crippen molar-refractivity contribution in [3.05, 3.63) is 45.6 Å². The molecule has 1 aromatic heterocycles. The van der Waals surface area contributed by atoms with E-state index >= 15 is 0 Å². The highest BCUT2D eigenvalue weighted by Gasteiger charge is 2.05. The standard InChI is InChI=1S/C13H13S/c1-9-4-5-12(10(2)6-9)13-8-14-7-11(13)3/h4-6,8H,1-3H3. The highest BCUT2D eigenvalue weighted by atomic mass is 32.1. The summed E-state index contributed by atoms with van der Waals surface area (Å²) in [5.41, 5.74) is 6.59. The van der Waals surface area contributed by atoms with Gasteiger partial charge in [-0.05, 0) is 48.4 Å². The molecule has 0 N–H and O–H groups in total. The van der Waals surface area contributed by atoms with E-state index in [0.29, 0.717) is 0 Å². The fraction of sp³-hybridized carbons (Fsp3) is 0.231. The lowest BCUT2D eigenvalue weighted by molar-refractivity contribution is 1.37. The predicted octanol–water partition coefficient (Wildman–Crippen LogP) is 4.14. The summed E-state index contributed by atoms with van der Waals surface area (Å²) < 4.78 is 0. The van der Waals surface area contributed by atoms with Gasteiger partial charge in [-0.25, -0.2) is 0 Å². The summed E-state index contributed by atoms with van der Waals surface area (Å²) in [7, 11) is 0. The van der Waals surface area contributed by atoms with Crippen LogP contribution in [-0.4, -0.2) is 0 Å². The third-order valence-electron chi connectivity index (χ3n) is 2.46. The predicted molar refractivity (Wildman–Crippen MR) is 62.8 cm³/mol. The SMILES string of the molecule is Cc1ccc(-c2cs[c]c2C)c(C)c1. The van der Waals surface area contributed by atoms with Gasteiger partial charge in [-0.15, -0.1) is 11.3 Å². The van der Waals surface area contributed by atoms with Crippen LogP contribution in [0.25, 0.3) is 11.1 Å². The third kappa shape index (κ3) is 1.60. The fourth-order valence-corrected chi connectivity index (χ4v) is 2.47. The van der Waals surface area contributed by atoms with Gasteiger partial charge < -0.3 is 0 Å². The molecule has 1 heterocycles. The van der Waals surface area contributed by atoms with Gasteiger partial charge in [-0.3, -0.25) is 0 Å². The zero-order valence-electron chi connectivity index (χ0n) is 8.72. The highest BCUT2D eigenvalue weighted by molar-refractivity contribution is 7.07. The molecule has 2 rings (SSSR count). The summed E-state index contributed by atoms with van der Waals surface area (Å²) in [6.45, 7) is 6.41. The van der Waals surface area contributed by atoms with Gasteiger partial charge in [0.1, 0.15) is 0 Å². The van der Waals surface area contributed by atoms with E-state index in [9.17, 15) is 0 Å². The number of rotatable bonds is 1. The van der Waals surface area contributed by atoms with Crippen molar-refractivity contribution in [2.24, 2.45) is 0 Å². The van der Waals surface area contributed by atoms with Crippen LogP contribution in [0.5, 0.6) is 0 Å². The molecule has 1 heteroatoms. The zero-order valence-corrected chi connectivity index (χ0v) is 9.53. The number of thiophene rings is 1. The van der Waals surface area contributed by atoms with E-state index < -0.39 is 0 Å². The number of aryl methyl sites for hydroxylation is 3. The van der Waals surface area contributed by atoms with Crippen molar-refractivity contribution in [3.8, 4) is 11.1 Å². The average molecular weight is 201 g/mol. The zero-order chi connectivity index (χ0) is 10.1. The lowest BCUT2D eigenvalue weighted by Crippen LogP contribution is -1.84. The Balaban J connectivity index is 2.58. The summed E-state index contributed by atoms with van der Waals surface area (Å²) in [4.78, 5) is 0. The first kappa shape index (κ1) is 9.47. The quantitative estimate of drug-likeness (QED) is 0.650. The van der Waals surface area contributed by atoms with Crippen molar-refractivity contribution in [1.82, 2.24) is 0 Å². The van der Waals surface area contributed by atoms with Gasteiger partial charge in [0.05, 0.1) is 0 Å². The van der Waals surface area contributed by atoms with Crippen molar-refractivity contribution in [1.29, 1.82) is 0 Å². The Labute approximate surface area is 89.2 Å². The van der Waals surface area contributed by atoms with Crippen molar-refractivity contribution in [2.75, 3.05) is 0 Å². The number of benzene rings is 1. The van der Waals surface area contributed by atoms with Crippen LogP contribution in [0.4, 0.5) is 0 Å². The maximum atomic E-state index is 3.25. The molecular formula is C13H13S. The van der Waals surface area contributed by atoms with Crippen LogP contribution < -0.4 is 0 Å². The Morgan fingerprint density at radius 1 is 1.07 bits per heavy atom. The largest absolute Gasteiger partial charge is 0.142 e. The van der Waals surface area contributed by atoms with E-state index in [2.05, 4.69) is 49.7 Å². The summed E-state index contributed by atoms with van der Waals surface area (Å²) in [5, 5.41) is 5.42. The molecule has 0 aliphatic heterocycles. The van der Waals surface area contributed by atoms with Crippen LogP contribution in [0.2, 0.25) is 0 Å². The molecule has 0 aliphatic carbocycles. The summed E-state index contributed by atoms with van der Waals surface area (Å²) in [6.07, 6.45) is 0. The fourth-order valence-electron chi connectivity index (χ4n) is 1.70. The van der Waals surface area contributed by atoms with Crippen LogP contribution in [-0.2, 0) is 0 Å². The maximum Gasteiger partial charge on any atom is 0.0481 e. The monoisotopic (exact) mass is 201 g/mol.